The minimum Gasteiger partial charge on any atom is -0.444 e. The van der Waals surface area contributed by atoms with E-state index in [1.54, 1.807) is 32.1 Å². The van der Waals surface area contributed by atoms with Crippen LogP contribution in [0, 0.1) is 12.3 Å². The number of primary amides is 1. The van der Waals surface area contributed by atoms with Gasteiger partial charge in [0.1, 0.15) is 11.6 Å². The van der Waals surface area contributed by atoms with Crippen molar-refractivity contribution in [3.63, 3.8) is 0 Å². The van der Waals surface area contributed by atoms with Crippen molar-refractivity contribution >= 4 is 40.9 Å². The number of aromatic nitrogens is 1. The van der Waals surface area contributed by atoms with Crippen molar-refractivity contribution in [1.29, 1.82) is 0 Å². The Morgan fingerprint density at radius 1 is 0.871 bits per heavy atom. The number of amides is 4. The second-order valence-corrected chi connectivity index (χ2v) is 19.6. The average Bonchev–Trinajstić information content (AvgIpc) is 3.82. The molecule has 1 aliphatic rings. The number of carbonyl (C=O) groups excluding carboxylic acids is 5. The highest BCUT2D eigenvalue weighted by atomic mass is 32.1. The molecule has 14 heteroatoms. The molecule has 0 saturated carbocycles. The Bertz CT molecular complexity index is 1940. The minimum atomic E-state index is -0.841. The number of nitrogens with zero attached hydrogens (tertiary/aromatic N) is 2. The highest BCUT2D eigenvalue weighted by molar-refractivity contribution is 7.13. The summed E-state index contributed by atoms with van der Waals surface area (Å²) >= 11 is 1.59. The van der Waals surface area contributed by atoms with Gasteiger partial charge in [-0.15, -0.1) is 11.3 Å². The Hall–Kier alpha value is -4.66. The van der Waals surface area contributed by atoms with Gasteiger partial charge in [0.2, 0.25) is 17.7 Å². The van der Waals surface area contributed by atoms with Gasteiger partial charge in [0.15, 0.2) is 5.78 Å². The van der Waals surface area contributed by atoms with E-state index in [1.165, 1.54) is 10.5 Å². The second kappa shape index (κ2) is 23.1. The summed E-state index contributed by atoms with van der Waals surface area (Å²) in [4.78, 5) is 71.5. The normalized spacial score (nSPS) is 17.0. The quantitative estimate of drug-likeness (QED) is 0.0747. The van der Waals surface area contributed by atoms with Crippen LogP contribution < -0.4 is 16.4 Å². The number of alkyl carbamates (subject to hydrolysis) is 1. The number of aliphatic hydroxyl groups is 1. The van der Waals surface area contributed by atoms with E-state index in [-0.39, 0.29) is 49.8 Å². The van der Waals surface area contributed by atoms with Gasteiger partial charge in [-0.25, -0.2) is 9.78 Å². The molecular weight excluding hydrogens is 807 g/mol. The number of hydrogen-bond acceptors (Lipinski definition) is 10. The van der Waals surface area contributed by atoms with Crippen LogP contribution in [0.2, 0.25) is 0 Å². The standard InChI is InChI=1S/C48H69N5O8S/c1-31-43(62-30-50-31)36-22-19-34(20-23-36)21-25-40(55)39-27-37(54)28-53(39)45(58)44(47(3,4)5)52-42(57)14-12-10-9-11-13-33-15-17-35(18-16-33)29-60-32(2)38(24-26-41(49)56)51-46(59)61-48(6,7)8/h15-20,22-23,30,32,37-39,44,54H,9-14,21,24-29H2,1-8H3,(H2,49,56)(H,51,59)(H,52,57)/t32-,37-,38+,39+,44-/m1/s1. The van der Waals surface area contributed by atoms with E-state index in [1.807, 2.05) is 76.5 Å². The fourth-order valence-corrected chi connectivity index (χ4v) is 8.35. The number of hydrogen-bond donors (Lipinski definition) is 4. The highest BCUT2D eigenvalue weighted by Crippen LogP contribution is 2.29. The van der Waals surface area contributed by atoms with Crippen LogP contribution in [-0.2, 0) is 48.1 Å². The Labute approximate surface area is 371 Å². The van der Waals surface area contributed by atoms with Gasteiger partial charge in [-0.05, 0) is 94.4 Å². The summed E-state index contributed by atoms with van der Waals surface area (Å²) in [5, 5.41) is 16.4. The highest BCUT2D eigenvalue weighted by Gasteiger charge is 2.44. The molecule has 5 N–H and O–H groups in total. The topological polar surface area (TPSA) is 190 Å². The molecule has 340 valence electrons. The molecule has 5 atom stereocenters. The summed E-state index contributed by atoms with van der Waals surface area (Å²) in [5.41, 5.74) is 11.2. The number of Topliss-reactive ketones (excluding diaryl/α,β-unsaturated/α-hetero) is 1. The van der Waals surface area contributed by atoms with Crippen LogP contribution in [-0.4, -0.2) is 87.1 Å². The maximum Gasteiger partial charge on any atom is 0.407 e. The number of β-amino-alcohol motifs (C(OH)–C–C–N with tert-alkyl or cyclic N) is 1. The molecule has 0 radical (unpaired) electrons. The number of ketones is 1. The van der Waals surface area contributed by atoms with E-state index in [0.717, 1.165) is 52.9 Å². The molecule has 0 spiro atoms. The third kappa shape index (κ3) is 16.2. The first-order valence-corrected chi connectivity index (χ1v) is 22.9. The van der Waals surface area contributed by atoms with Gasteiger partial charge in [-0.3, -0.25) is 19.2 Å². The number of aliphatic hydroxyl groups excluding tert-OH is 1. The maximum atomic E-state index is 14.0. The molecule has 3 aromatic rings. The number of ether oxygens (including phenoxy) is 2. The van der Waals surface area contributed by atoms with Crippen LogP contribution >= 0.6 is 11.3 Å². The molecule has 2 heterocycles. The van der Waals surface area contributed by atoms with E-state index in [4.69, 9.17) is 15.2 Å². The number of nitrogens with two attached hydrogens (primary N) is 1. The Morgan fingerprint density at radius 2 is 1.50 bits per heavy atom. The van der Waals surface area contributed by atoms with Crippen LogP contribution in [0.25, 0.3) is 10.4 Å². The zero-order valence-electron chi connectivity index (χ0n) is 38.0. The van der Waals surface area contributed by atoms with Crippen molar-refractivity contribution in [2.45, 2.75) is 169 Å². The SMILES string of the molecule is Cc1ncsc1-c1ccc(CCC(=O)[C@@H]2C[C@@H](O)CN2C(=O)[C@@H](NC(=O)CCCCCCc2ccc(CO[C@H](C)[C@H](CCC(N)=O)NC(=O)OC(C)(C)C)cc2)C(C)(C)C)cc1. The predicted molar refractivity (Wildman–Crippen MR) is 242 cm³/mol. The smallest absolute Gasteiger partial charge is 0.407 e. The number of unbranched alkanes of at least 4 members (excludes halogenated alkanes) is 3. The first-order chi connectivity index (χ1) is 29.2. The monoisotopic (exact) mass is 875 g/mol. The molecule has 0 unspecified atom stereocenters. The molecule has 62 heavy (non-hydrogen) atoms. The molecule has 4 rings (SSSR count). The van der Waals surface area contributed by atoms with E-state index in [0.29, 0.717) is 25.9 Å². The Morgan fingerprint density at radius 3 is 2.11 bits per heavy atom. The van der Waals surface area contributed by atoms with Crippen molar-refractivity contribution in [1.82, 2.24) is 20.5 Å². The Balaban J connectivity index is 1.18. The van der Waals surface area contributed by atoms with Gasteiger partial charge >= 0.3 is 6.09 Å². The van der Waals surface area contributed by atoms with Crippen LogP contribution in [0.15, 0.2) is 54.0 Å². The van der Waals surface area contributed by atoms with Gasteiger partial charge in [-0.1, -0.05) is 82.1 Å². The lowest BCUT2D eigenvalue weighted by Gasteiger charge is -2.35. The van der Waals surface area contributed by atoms with Crippen molar-refractivity contribution in [3.05, 3.63) is 76.4 Å². The van der Waals surface area contributed by atoms with E-state index in [2.05, 4.69) is 27.8 Å². The van der Waals surface area contributed by atoms with E-state index in [9.17, 15) is 29.1 Å². The minimum absolute atomic E-state index is 0.0610. The summed E-state index contributed by atoms with van der Waals surface area (Å²) in [7, 11) is 0. The van der Waals surface area contributed by atoms with E-state index < -0.39 is 53.3 Å². The summed E-state index contributed by atoms with van der Waals surface area (Å²) in [6, 6.07) is 14.3. The van der Waals surface area contributed by atoms with Crippen LogP contribution in [0.5, 0.6) is 0 Å². The summed E-state index contributed by atoms with van der Waals surface area (Å²) in [5.74, 6) is -1.09. The molecule has 0 aliphatic carbocycles. The zero-order valence-corrected chi connectivity index (χ0v) is 38.8. The molecule has 1 aliphatic heterocycles. The van der Waals surface area contributed by atoms with Gasteiger partial charge in [0.25, 0.3) is 0 Å². The molecule has 4 amide bonds. The molecule has 13 nitrogen and oxygen atoms in total. The van der Waals surface area contributed by atoms with E-state index >= 15 is 0 Å². The molecular formula is C48H69N5O8S. The van der Waals surface area contributed by atoms with Crippen LogP contribution in [0.1, 0.15) is 129 Å². The molecule has 0 bridgehead atoms. The molecule has 2 aromatic carbocycles. The number of carbonyl (C=O) groups is 5. The number of benzene rings is 2. The number of likely N-dealkylation sites (tertiary alicyclic amines) is 1. The molecule has 1 aromatic heterocycles. The lowest BCUT2D eigenvalue weighted by atomic mass is 9.85. The Kier molecular flexibility index (Phi) is 18.7. The third-order valence-corrected chi connectivity index (χ3v) is 12.1. The fourth-order valence-electron chi connectivity index (χ4n) is 7.54. The van der Waals surface area contributed by atoms with Gasteiger partial charge in [-0.2, -0.15) is 0 Å². The van der Waals surface area contributed by atoms with Crippen LogP contribution in [0.4, 0.5) is 4.79 Å². The van der Waals surface area contributed by atoms with Crippen LogP contribution in [0.3, 0.4) is 0 Å². The lowest BCUT2D eigenvalue weighted by Crippen LogP contribution is -2.56. The molecule has 1 saturated heterocycles. The largest absolute Gasteiger partial charge is 0.444 e. The summed E-state index contributed by atoms with van der Waals surface area (Å²) in [6.07, 6.45) is 4.25. The number of rotatable bonds is 22. The van der Waals surface area contributed by atoms with Crippen molar-refractivity contribution in [2.24, 2.45) is 11.1 Å². The zero-order chi connectivity index (χ0) is 45.6. The van der Waals surface area contributed by atoms with Crippen molar-refractivity contribution in [2.75, 3.05) is 6.54 Å². The average molecular weight is 876 g/mol. The summed E-state index contributed by atoms with van der Waals surface area (Å²) in [6.45, 7) is 15.3. The fraction of sp³-hybridized carbons (Fsp3) is 0.583. The number of aryl methyl sites for hydroxylation is 3. The first kappa shape index (κ1) is 50.0. The number of thiazole rings is 1. The van der Waals surface area contributed by atoms with Gasteiger partial charge in [0, 0.05) is 32.2 Å². The third-order valence-electron chi connectivity index (χ3n) is 11.1. The summed E-state index contributed by atoms with van der Waals surface area (Å²) < 4.78 is 11.5. The maximum absolute atomic E-state index is 14.0. The van der Waals surface area contributed by atoms with Crippen molar-refractivity contribution in [3.8, 4) is 10.4 Å². The van der Waals surface area contributed by atoms with Gasteiger partial charge in [0.05, 0.1) is 47.0 Å². The first-order valence-electron chi connectivity index (χ1n) is 22.0. The molecule has 1 fully saturated rings. The van der Waals surface area contributed by atoms with Crippen molar-refractivity contribution < 1.29 is 38.6 Å². The van der Waals surface area contributed by atoms with Gasteiger partial charge < -0.3 is 35.8 Å². The lowest BCUT2D eigenvalue weighted by molar-refractivity contribution is -0.143. The second-order valence-electron chi connectivity index (χ2n) is 18.7. The predicted octanol–water partition coefficient (Wildman–Crippen LogP) is 7.37. The number of nitrogens with one attached hydrogen (secondary N) is 2.